The molecule has 1 aliphatic heterocycles. The summed E-state index contributed by atoms with van der Waals surface area (Å²) < 4.78 is 5.08. The van der Waals surface area contributed by atoms with Gasteiger partial charge in [-0.3, -0.25) is 9.59 Å². The highest BCUT2D eigenvalue weighted by molar-refractivity contribution is 5.82. The van der Waals surface area contributed by atoms with Gasteiger partial charge in [-0.15, -0.1) is 0 Å². The summed E-state index contributed by atoms with van der Waals surface area (Å²) in [5.74, 6) is 0.0115. The summed E-state index contributed by atoms with van der Waals surface area (Å²) in [5.41, 5.74) is 0. The lowest BCUT2D eigenvalue weighted by molar-refractivity contribution is -0.149. The first-order valence-electron chi connectivity index (χ1n) is 10.6. The van der Waals surface area contributed by atoms with Crippen LogP contribution in [0.1, 0.15) is 71.1 Å². The fourth-order valence-corrected chi connectivity index (χ4v) is 4.72. The third kappa shape index (κ3) is 5.36. The first kappa shape index (κ1) is 20.0. The van der Waals surface area contributed by atoms with Gasteiger partial charge in [-0.1, -0.05) is 19.3 Å². The molecule has 0 aromatic heterocycles. The number of esters is 1. The van der Waals surface area contributed by atoms with Crippen LogP contribution < -0.4 is 10.6 Å². The van der Waals surface area contributed by atoms with Crippen LogP contribution >= 0.6 is 0 Å². The summed E-state index contributed by atoms with van der Waals surface area (Å²) in [5, 5.41) is 5.99. The second-order valence-corrected chi connectivity index (χ2v) is 8.16. The molecule has 152 valence electrons. The number of nitrogens with one attached hydrogen (secondary N) is 2. The molecule has 27 heavy (non-hydrogen) atoms. The van der Waals surface area contributed by atoms with E-state index in [0.29, 0.717) is 25.6 Å². The molecule has 0 aromatic rings. The van der Waals surface area contributed by atoms with E-state index in [2.05, 4.69) is 10.6 Å². The molecule has 1 heterocycles. The minimum absolute atomic E-state index is 0.0393. The number of likely N-dealkylation sites (tertiary alicyclic amines) is 1. The van der Waals surface area contributed by atoms with Gasteiger partial charge in [0, 0.05) is 25.0 Å². The zero-order valence-corrected chi connectivity index (χ0v) is 16.4. The third-order valence-corrected chi connectivity index (χ3v) is 6.19. The lowest BCUT2D eigenvalue weighted by atomic mass is 9.86. The number of hydrogen-bond acceptors (Lipinski definition) is 4. The van der Waals surface area contributed by atoms with Gasteiger partial charge in [-0.05, 0) is 45.4 Å². The number of rotatable bonds is 5. The maximum absolute atomic E-state index is 12.3. The van der Waals surface area contributed by atoms with E-state index in [1.165, 1.54) is 19.3 Å². The quantitative estimate of drug-likeness (QED) is 0.718. The van der Waals surface area contributed by atoms with E-state index in [0.717, 1.165) is 38.5 Å². The van der Waals surface area contributed by atoms with Crippen LogP contribution in [0.15, 0.2) is 0 Å². The highest BCUT2D eigenvalue weighted by Gasteiger charge is 2.36. The molecule has 2 N–H and O–H groups in total. The van der Waals surface area contributed by atoms with Gasteiger partial charge < -0.3 is 20.3 Å². The second-order valence-electron chi connectivity index (χ2n) is 8.16. The molecular formula is C20H33N3O4. The summed E-state index contributed by atoms with van der Waals surface area (Å²) in [6.45, 7) is 2.86. The van der Waals surface area contributed by atoms with E-state index >= 15 is 0 Å². The van der Waals surface area contributed by atoms with Crippen molar-refractivity contribution in [2.45, 2.75) is 89.3 Å². The molecule has 0 spiro atoms. The summed E-state index contributed by atoms with van der Waals surface area (Å²) in [4.78, 5) is 38.4. The van der Waals surface area contributed by atoms with Gasteiger partial charge >= 0.3 is 12.0 Å². The van der Waals surface area contributed by atoms with Gasteiger partial charge in [0.1, 0.15) is 0 Å². The number of carbonyl (C=O) groups is 3. The van der Waals surface area contributed by atoms with Gasteiger partial charge in [0.25, 0.3) is 0 Å². The van der Waals surface area contributed by atoms with Crippen LogP contribution in [0, 0.1) is 5.92 Å². The number of amides is 3. The van der Waals surface area contributed by atoms with Crippen molar-refractivity contribution in [3.8, 4) is 0 Å². The van der Waals surface area contributed by atoms with E-state index in [9.17, 15) is 14.4 Å². The average Bonchev–Trinajstić information content (AvgIpc) is 3.03. The topological polar surface area (TPSA) is 87.7 Å². The molecule has 1 saturated heterocycles. The number of hydrogen-bond donors (Lipinski definition) is 2. The predicted molar refractivity (Wildman–Crippen MR) is 101 cm³/mol. The Kier molecular flexibility index (Phi) is 6.96. The summed E-state index contributed by atoms with van der Waals surface area (Å²) in [6.07, 6.45) is 9.32. The maximum atomic E-state index is 12.3. The Balaban J connectivity index is 1.38. The second kappa shape index (κ2) is 9.42. The Hall–Kier alpha value is -1.79. The Bertz CT molecular complexity index is 539. The van der Waals surface area contributed by atoms with Crippen LogP contribution in [0.4, 0.5) is 4.79 Å². The highest BCUT2D eigenvalue weighted by atomic mass is 16.5. The SMILES string of the molecule is CCOC(=O)C1CCC(NC(=O)NC2CC(=O)N(C3CCCCC3)C2)CC1. The monoisotopic (exact) mass is 379 g/mol. The first-order valence-corrected chi connectivity index (χ1v) is 10.6. The normalized spacial score (nSPS) is 29.4. The average molecular weight is 380 g/mol. The smallest absolute Gasteiger partial charge is 0.315 e. The first-order chi connectivity index (χ1) is 13.1. The largest absolute Gasteiger partial charge is 0.466 e. The minimum atomic E-state index is -0.196. The summed E-state index contributed by atoms with van der Waals surface area (Å²) in [7, 11) is 0. The number of nitrogens with zero attached hydrogens (tertiary/aromatic N) is 1. The lowest BCUT2D eigenvalue weighted by Gasteiger charge is -2.31. The van der Waals surface area contributed by atoms with Gasteiger partial charge in [0.2, 0.25) is 5.91 Å². The predicted octanol–water partition coefficient (Wildman–Crippen LogP) is 2.34. The summed E-state index contributed by atoms with van der Waals surface area (Å²) in [6, 6.07) is 0.148. The van der Waals surface area contributed by atoms with Crippen molar-refractivity contribution in [2.75, 3.05) is 13.2 Å². The van der Waals surface area contributed by atoms with Crippen molar-refractivity contribution in [1.29, 1.82) is 0 Å². The molecule has 2 saturated carbocycles. The van der Waals surface area contributed by atoms with Crippen LogP contribution in [-0.4, -0.2) is 54.1 Å². The Morgan fingerprint density at radius 1 is 1.00 bits per heavy atom. The molecule has 1 atom stereocenters. The maximum Gasteiger partial charge on any atom is 0.315 e. The van der Waals surface area contributed by atoms with Gasteiger partial charge in [-0.25, -0.2) is 4.79 Å². The Morgan fingerprint density at radius 2 is 1.67 bits per heavy atom. The van der Waals surface area contributed by atoms with Gasteiger partial charge in [0.05, 0.1) is 18.6 Å². The molecule has 3 amide bonds. The van der Waals surface area contributed by atoms with Crippen molar-refractivity contribution in [1.82, 2.24) is 15.5 Å². The lowest BCUT2D eigenvalue weighted by Crippen LogP contribution is -2.48. The molecule has 3 rings (SSSR count). The number of urea groups is 1. The molecule has 2 aliphatic carbocycles. The Labute approximate surface area is 161 Å². The molecule has 0 radical (unpaired) electrons. The van der Waals surface area contributed by atoms with E-state index in [1.807, 2.05) is 11.8 Å². The van der Waals surface area contributed by atoms with Gasteiger partial charge in [0.15, 0.2) is 0 Å². The van der Waals surface area contributed by atoms with Crippen LogP contribution in [0.25, 0.3) is 0 Å². The fraction of sp³-hybridized carbons (Fsp3) is 0.850. The van der Waals surface area contributed by atoms with Crippen molar-refractivity contribution < 1.29 is 19.1 Å². The van der Waals surface area contributed by atoms with E-state index < -0.39 is 0 Å². The van der Waals surface area contributed by atoms with Crippen LogP contribution in [0.3, 0.4) is 0 Å². The van der Waals surface area contributed by atoms with Crippen LogP contribution in [-0.2, 0) is 14.3 Å². The number of ether oxygens (including phenoxy) is 1. The van der Waals surface area contributed by atoms with E-state index in [-0.39, 0.29) is 35.9 Å². The van der Waals surface area contributed by atoms with Crippen molar-refractivity contribution >= 4 is 17.9 Å². The standard InChI is InChI=1S/C20H33N3O4/c1-2-27-19(25)14-8-10-15(11-9-14)21-20(26)22-16-12-18(24)23(13-16)17-6-4-3-5-7-17/h14-17H,2-13H2,1H3,(H2,21,22,26). The molecule has 1 unspecified atom stereocenters. The Morgan fingerprint density at radius 3 is 2.33 bits per heavy atom. The highest BCUT2D eigenvalue weighted by Crippen LogP contribution is 2.27. The zero-order chi connectivity index (χ0) is 19.2. The molecular weight excluding hydrogens is 346 g/mol. The molecule has 0 bridgehead atoms. The fourth-order valence-electron chi connectivity index (χ4n) is 4.72. The van der Waals surface area contributed by atoms with E-state index in [1.54, 1.807) is 0 Å². The summed E-state index contributed by atoms with van der Waals surface area (Å²) >= 11 is 0. The third-order valence-electron chi connectivity index (χ3n) is 6.19. The molecule has 3 fully saturated rings. The van der Waals surface area contributed by atoms with Gasteiger partial charge in [-0.2, -0.15) is 0 Å². The molecule has 7 heteroatoms. The molecule has 3 aliphatic rings. The molecule has 7 nitrogen and oxygen atoms in total. The van der Waals surface area contributed by atoms with Crippen molar-refractivity contribution in [3.63, 3.8) is 0 Å². The minimum Gasteiger partial charge on any atom is -0.466 e. The van der Waals surface area contributed by atoms with Crippen LogP contribution in [0.2, 0.25) is 0 Å². The number of carbonyl (C=O) groups excluding carboxylic acids is 3. The molecule has 0 aromatic carbocycles. The van der Waals surface area contributed by atoms with E-state index in [4.69, 9.17) is 4.74 Å². The zero-order valence-electron chi connectivity index (χ0n) is 16.4. The van der Waals surface area contributed by atoms with Crippen molar-refractivity contribution in [2.24, 2.45) is 5.92 Å². The van der Waals surface area contributed by atoms with Crippen molar-refractivity contribution in [3.05, 3.63) is 0 Å². The van der Waals surface area contributed by atoms with Crippen LogP contribution in [0.5, 0.6) is 0 Å².